The Morgan fingerprint density at radius 2 is 1.81 bits per heavy atom. The summed E-state index contributed by atoms with van der Waals surface area (Å²) >= 11 is 0. The van der Waals surface area contributed by atoms with Crippen molar-refractivity contribution in [3.63, 3.8) is 0 Å². The normalized spacial score (nSPS) is 16.3. The van der Waals surface area contributed by atoms with Crippen LogP contribution < -0.4 is 16.4 Å². The molecule has 0 saturated carbocycles. The molecule has 0 aliphatic carbocycles. The fourth-order valence-corrected chi connectivity index (χ4v) is 2.42. The van der Waals surface area contributed by atoms with Crippen molar-refractivity contribution < 1.29 is 9.59 Å². The summed E-state index contributed by atoms with van der Waals surface area (Å²) in [4.78, 5) is 23.1. The summed E-state index contributed by atoms with van der Waals surface area (Å²) in [5.41, 5.74) is 9.95. The average molecular weight is 281 g/mol. The zero-order valence-corrected chi connectivity index (χ0v) is 11.5. The van der Waals surface area contributed by atoms with Crippen molar-refractivity contribution in [2.24, 2.45) is 5.73 Å². The Bertz CT molecular complexity index is 723. The molecule has 2 aromatic carbocycles. The largest absolute Gasteiger partial charge is 0.355 e. The first-order valence-corrected chi connectivity index (χ1v) is 6.63. The van der Waals surface area contributed by atoms with Crippen molar-refractivity contribution >= 4 is 17.5 Å². The highest BCUT2D eigenvalue weighted by atomic mass is 16.2. The molecule has 0 radical (unpaired) electrons. The second-order valence-corrected chi connectivity index (χ2v) is 4.93. The smallest absolute Gasteiger partial charge is 0.251 e. The minimum absolute atomic E-state index is 0.118. The Hall–Kier alpha value is -2.66. The van der Waals surface area contributed by atoms with Crippen LogP contribution in [-0.2, 0) is 4.79 Å². The van der Waals surface area contributed by atoms with Crippen molar-refractivity contribution in [2.45, 2.75) is 6.04 Å². The van der Waals surface area contributed by atoms with Crippen LogP contribution in [0.25, 0.3) is 11.1 Å². The summed E-state index contributed by atoms with van der Waals surface area (Å²) in [5.74, 6) is -0.301. The number of hydrogen-bond donors (Lipinski definition) is 3. The molecule has 0 spiro atoms. The van der Waals surface area contributed by atoms with E-state index >= 15 is 0 Å². The van der Waals surface area contributed by atoms with E-state index in [0.29, 0.717) is 5.56 Å². The zero-order chi connectivity index (χ0) is 15.0. The first-order valence-electron chi connectivity index (χ1n) is 6.63. The van der Waals surface area contributed by atoms with Gasteiger partial charge in [0, 0.05) is 23.9 Å². The number of amides is 2. The number of nitrogens with one attached hydrogen (secondary N) is 2. The van der Waals surface area contributed by atoms with Gasteiger partial charge in [0.2, 0.25) is 5.91 Å². The van der Waals surface area contributed by atoms with E-state index in [0.717, 1.165) is 22.4 Å². The molecule has 0 fully saturated rings. The molecule has 21 heavy (non-hydrogen) atoms. The molecule has 0 bridgehead atoms. The summed E-state index contributed by atoms with van der Waals surface area (Å²) in [5, 5.41) is 5.32. The van der Waals surface area contributed by atoms with Crippen LogP contribution in [0.15, 0.2) is 42.5 Å². The van der Waals surface area contributed by atoms with Gasteiger partial charge in [-0.25, -0.2) is 0 Å². The van der Waals surface area contributed by atoms with Crippen molar-refractivity contribution in [3.8, 4) is 11.1 Å². The molecule has 0 aromatic heterocycles. The van der Waals surface area contributed by atoms with Crippen LogP contribution >= 0.6 is 0 Å². The van der Waals surface area contributed by atoms with E-state index in [4.69, 9.17) is 5.73 Å². The Morgan fingerprint density at radius 1 is 1.14 bits per heavy atom. The second-order valence-electron chi connectivity index (χ2n) is 4.93. The minimum Gasteiger partial charge on any atom is -0.355 e. The Kier molecular flexibility index (Phi) is 3.19. The predicted octanol–water partition coefficient (Wildman–Crippen LogP) is 1.67. The number of anilines is 1. The van der Waals surface area contributed by atoms with Gasteiger partial charge in [0.25, 0.3) is 5.91 Å². The molecule has 1 heterocycles. The van der Waals surface area contributed by atoms with Crippen LogP contribution in [-0.4, -0.2) is 18.9 Å². The molecule has 3 rings (SSSR count). The lowest BCUT2D eigenvalue weighted by Crippen LogP contribution is -2.19. The van der Waals surface area contributed by atoms with Crippen LogP contribution in [0.5, 0.6) is 0 Å². The number of carbonyl (C=O) groups is 2. The molecule has 106 valence electrons. The zero-order valence-electron chi connectivity index (χ0n) is 11.5. The highest BCUT2D eigenvalue weighted by Crippen LogP contribution is 2.33. The average Bonchev–Trinajstić information content (AvgIpc) is 2.81. The standard InChI is InChI=1S/C16H15N3O2/c1-18-15(20)10-4-2-9(3-5-10)11-6-7-13-12(8-11)14(17)16(21)19-13/h2-8,14H,17H2,1H3,(H,18,20)(H,19,21)/t14-/m0/s1. The molecule has 0 unspecified atom stereocenters. The summed E-state index contributed by atoms with van der Waals surface area (Å²) in [6.45, 7) is 0. The highest BCUT2D eigenvalue weighted by Gasteiger charge is 2.27. The molecule has 5 nitrogen and oxygen atoms in total. The van der Waals surface area contributed by atoms with Crippen molar-refractivity contribution in [1.29, 1.82) is 0 Å². The van der Waals surface area contributed by atoms with E-state index in [9.17, 15) is 9.59 Å². The molecule has 2 amide bonds. The Morgan fingerprint density at radius 3 is 2.48 bits per heavy atom. The summed E-state index contributed by atoms with van der Waals surface area (Å²) < 4.78 is 0. The molecule has 2 aromatic rings. The fourth-order valence-electron chi connectivity index (χ4n) is 2.42. The van der Waals surface area contributed by atoms with Gasteiger partial charge in [-0.05, 0) is 35.4 Å². The van der Waals surface area contributed by atoms with Crippen LogP contribution in [0.1, 0.15) is 22.0 Å². The molecule has 1 aliphatic heterocycles. The van der Waals surface area contributed by atoms with E-state index < -0.39 is 6.04 Å². The number of hydrogen-bond acceptors (Lipinski definition) is 3. The summed E-state index contributed by atoms with van der Waals surface area (Å²) in [6, 6.07) is 12.4. The third-order valence-electron chi connectivity index (χ3n) is 3.63. The second kappa shape index (κ2) is 5.03. The van der Waals surface area contributed by atoms with Gasteiger partial charge in [0.05, 0.1) is 0 Å². The van der Waals surface area contributed by atoms with E-state index in [1.165, 1.54) is 0 Å². The van der Waals surface area contributed by atoms with E-state index in [-0.39, 0.29) is 11.8 Å². The monoisotopic (exact) mass is 281 g/mol. The van der Waals surface area contributed by atoms with Gasteiger partial charge >= 0.3 is 0 Å². The van der Waals surface area contributed by atoms with Crippen LogP contribution in [0.3, 0.4) is 0 Å². The lowest BCUT2D eigenvalue weighted by atomic mass is 9.99. The highest BCUT2D eigenvalue weighted by molar-refractivity contribution is 6.03. The first kappa shape index (κ1) is 13.3. The topological polar surface area (TPSA) is 84.2 Å². The minimum atomic E-state index is -0.620. The number of fused-ring (bicyclic) bond motifs is 1. The molecular weight excluding hydrogens is 266 g/mol. The first-order chi connectivity index (χ1) is 10.1. The SMILES string of the molecule is CNC(=O)c1ccc(-c2ccc3c(c2)[C@H](N)C(=O)N3)cc1. The van der Waals surface area contributed by atoms with Crippen LogP contribution in [0, 0.1) is 0 Å². The quantitative estimate of drug-likeness (QED) is 0.782. The fraction of sp³-hybridized carbons (Fsp3) is 0.125. The predicted molar refractivity (Wildman–Crippen MR) is 80.8 cm³/mol. The molecular formula is C16H15N3O2. The van der Waals surface area contributed by atoms with Crippen molar-refractivity contribution in [3.05, 3.63) is 53.6 Å². The maximum absolute atomic E-state index is 11.6. The Labute approximate surface area is 122 Å². The lowest BCUT2D eigenvalue weighted by Gasteiger charge is -2.07. The van der Waals surface area contributed by atoms with Crippen LogP contribution in [0.4, 0.5) is 5.69 Å². The molecule has 0 saturated heterocycles. The molecule has 1 aliphatic rings. The van der Waals surface area contributed by atoms with E-state index in [1.54, 1.807) is 19.2 Å². The number of rotatable bonds is 2. The molecule has 1 atom stereocenters. The van der Waals surface area contributed by atoms with Gasteiger partial charge in [0.1, 0.15) is 6.04 Å². The van der Waals surface area contributed by atoms with Crippen LogP contribution in [0.2, 0.25) is 0 Å². The van der Waals surface area contributed by atoms with Gasteiger partial charge in [0.15, 0.2) is 0 Å². The van der Waals surface area contributed by atoms with Gasteiger partial charge < -0.3 is 16.4 Å². The summed E-state index contributed by atoms with van der Waals surface area (Å²) in [6.07, 6.45) is 0. The van der Waals surface area contributed by atoms with Gasteiger partial charge in [-0.15, -0.1) is 0 Å². The van der Waals surface area contributed by atoms with Gasteiger partial charge in [-0.2, -0.15) is 0 Å². The Balaban J connectivity index is 1.95. The maximum atomic E-state index is 11.6. The van der Waals surface area contributed by atoms with E-state index in [1.807, 2.05) is 30.3 Å². The maximum Gasteiger partial charge on any atom is 0.251 e. The van der Waals surface area contributed by atoms with E-state index in [2.05, 4.69) is 10.6 Å². The third-order valence-corrected chi connectivity index (χ3v) is 3.63. The third kappa shape index (κ3) is 2.28. The number of nitrogens with two attached hydrogens (primary N) is 1. The number of carbonyl (C=O) groups excluding carboxylic acids is 2. The van der Waals surface area contributed by atoms with Crippen molar-refractivity contribution in [2.75, 3.05) is 12.4 Å². The van der Waals surface area contributed by atoms with Crippen molar-refractivity contribution in [1.82, 2.24) is 5.32 Å². The van der Waals surface area contributed by atoms with Gasteiger partial charge in [-0.3, -0.25) is 9.59 Å². The summed E-state index contributed by atoms with van der Waals surface area (Å²) in [7, 11) is 1.60. The molecule has 5 heteroatoms. The number of benzene rings is 2. The lowest BCUT2D eigenvalue weighted by molar-refractivity contribution is -0.116. The molecule has 4 N–H and O–H groups in total. The van der Waals surface area contributed by atoms with Gasteiger partial charge in [-0.1, -0.05) is 18.2 Å².